The lowest BCUT2D eigenvalue weighted by Crippen LogP contribution is -2.38. The van der Waals surface area contributed by atoms with Gasteiger partial charge in [0.1, 0.15) is 6.04 Å². The zero-order valence-electron chi connectivity index (χ0n) is 13.0. The molecule has 3 heteroatoms. The molecule has 2 rings (SSSR count). The van der Waals surface area contributed by atoms with Gasteiger partial charge in [-0.05, 0) is 31.4 Å². The average molecular weight is 276 g/mol. The molecule has 0 fully saturated rings. The predicted octanol–water partition coefficient (Wildman–Crippen LogP) is 3.79. The molecule has 0 radical (unpaired) electrons. The lowest BCUT2D eigenvalue weighted by Gasteiger charge is -2.24. The maximum atomic E-state index is 11.0. The average Bonchev–Trinajstić information content (AvgIpc) is 2.45. The van der Waals surface area contributed by atoms with Crippen LogP contribution in [0.4, 0.5) is 5.69 Å². The first kappa shape index (κ1) is 16.5. The van der Waals surface area contributed by atoms with E-state index in [4.69, 9.17) is 5.73 Å². The number of nitrogens with one attached hydrogen (secondary N) is 1. The molecule has 112 valence electrons. The van der Waals surface area contributed by atoms with Crippen LogP contribution < -0.4 is 11.1 Å². The van der Waals surface area contributed by atoms with E-state index >= 15 is 0 Å². The lowest BCUT2D eigenvalue weighted by molar-refractivity contribution is -0.118. The van der Waals surface area contributed by atoms with Crippen LogP contribution in [-0.2, 0) is 11.2 Å². The monoisotopic (exact) mass is 276 g/mol. The van der Waals surface area contributed by atoms with Gasteiger partial charge in [0, 0.05) is 5.69 Å². The van der Waals surface area contributed by atoms with Crippen LogP contribution in [0.15, 0.2) is 18.2 Å². The fraction of sp³-hybridized carbons (Fsp3) is 0.588. The first-order chi connectivity index (χ1) is 9.58. The van der Waals surface area contributed by atoms with Gasteiger partial charge in [0.2, 0.25) is 5.91 Å². The summed E-state index contributed by atoms with van der Waals surface area (Å²) in [4.78, 5) is 11.0. The van der Waals surface area contributed by atoms with Crippen molar-refractivity contribution in [2.24, 2.45) is 5.73 Å². The number of benzene rings is 1. The van der Waals surface area contributed by atoms with Crippen molar-refractivity contribution in [3.63, 3.8) is 0 Å². The summed E-state index contributed by atoms with van der Waals surface area (Å²) in [5.41, 5.74) is 8.83. The number of nitrogens with two attached hydrogens (primary N) is 1. The van der Waals surface area contributed by atoms with Crippen molar-refractivity contribution < 1.29 is 4.79 Å². The summed E-state index contributed by atoms with van der Waals surface area (Å²) in [7, 11) is 0. The number of hydrogen-bond donors (Lipinski definition) is 2. The molecular weight excluding hydrogens is 248 g/mol. The van der Waals surface area contributed by atoms with Crippen molar-refractivity contribution in [3.8, 4) is 0 Å². The molecule has 3 N–H and O–H groups in total. The maximum absolute atomic E-state index is 11.0. The lowest BCUT2D eigenvalue weighted by atomic mass is 9.96. The number of fused-ring (bicyclic) bond motifs is 1. The Hall–Kier alpha value is -1.51. The topological polar surface area (TPSA) is 55.1 Å². The number of amides is 1. The van der Waals surface area contributed by atoms with Crippen LogP contribution in [0.25, 0.3) is 0 Å². The van der Waals surface area contributed by atoms with Crippen LogP contribution in [0.5, 0.6) is 0 Å². The first-order valence-corrected chi connectivity index (χ1v) is 7.73. The van der Waals surface area contributed by atoms with Crippen LogP contribution in [0.3, 0.4) is 0 Å². The van der Waals surface area contributed by atoms with E-state index in [0.717, 1.165) is 18.5 Å². The summed E-state index contributed by atoms with van der Waals surface area (Å²) in [5, 5.41) is 3.15. The van der Waals surface area contributed by atoms with E-state index < -0.39 is 0 Å². The molecule has 1 atom stereocenters. The molecule has 1 amide bonds. The van der Waals surface area contributed by atoms with Gasteiger partial charge in [0.25, 0.3) is 0 Å². The SMILES string of the molecule is CCCCCC.Cc1ccc2c(c1)CCC(C(N)=O)N2. The van der Waals surface area contributed by atoms with Gasteiger partial charge in [-0.3, -0.25) is 4.79 Å². The highest BCUT2D eigenvalue weighted by Crippen LogP contribution is 2.25. The van der Waals surface area contributed by atoms with Gasteiger partial charge in [-0.1, -0.05) is 57.2 Å². The van der Waals surface area contributed by atoms with Crippen molar-refractivity contribution in [1.29, 1.82) is 0 Å². The molecule has 1 aromatic carbocycles. The number of carbonyl (C=O) groups is 1. The smallest absolute Gasteiger partial charge is 0.239 e. The predicted molar refractivity (Wildman–Crippen MR) is 85.9 cm³/mol. The third-order valence-corrected chi connectivity index (χ3v) is 3.59. The second kappa shape index (κ2) is 8.62. The Morgan fingerprint density at radius 2 is 1.95 bits per heavy atom. The Balaban J connectivity index is 0.000000286. The molecule has 0 aliphatic carbocycles. The van der Waals surface area contributed by atoms with Crippen LogP contribution in [-0.4, -0.2) is 11.9 Å². The summed E-state index contributed by atoms with van der Waals surface area (Å²) in [5.74, 6) is -0.267. The van der Waals surface area contributed by atoms with Gasteiger partial charge >= 0.3 is 0 Å². The first-order valence-electron chi connectivity index (χ1n) is 7.73. The minimum absolute atomic E-state index is 0.204. The van der Waals surface area contributed by atoms with Crippen molar-refractivity contribution in [3.05, 3.63) is 29.3 Å². The summed E-state index contributed by atoms with van der Waals surface area (Å²) in [6.45, 7) is 6.53. The summed E-state index contributed by atoms with van der Waals surface area (Å²) in [6, 6.07) is 6.00. The van der Waals surface area contributed by atoms with Gasteiger partial charge in [0.05, 0.1) is 0 Å². The second-order valence-corrected chi connectivity index (χ2v) is 5.51. The Bertz CT molecular complexity index is 425. The number of aryl methyl sites for hydroxylation is 2. The van der Waals surface area contributed by atoms with E-state index in [0.29, 0.717) is 0 Å². The maximum Gasteiger partial charge on any atom is 0.239 e. The van der Waals surface area contributed by atoms with Crippen molar-refractivity contribution in [2.75, 3.05) is 5.32 Å². The summed E-state index contributed by atoms with van der Waals surface area (Å²) in [6.07, 6.45) is 7.26. The molecule has 0 bridgehead atoms. The molecule has 0 spiro atoms. The zero-order chi connectivity index (χ0) is 15.0. The molecule has 1 aliphatic heterocycles. The van der Waals surface area contributed by atoms with Crippen LogP contribution in [0.2, 0.25) is 0 Å². The third kappa shape index (κ3) is 5.24. The summed E-state index contributed by atoms with van der Waals surface area (Å²) >= 11 is 0. The number of rotatable bonds is 4. The van der Waals surface area contributed by atoms with Crippen LogP contribution in [0, 0.1) is 6.92 Å². The van der Waals surface area contributed by atoms with Gasteiger partial charge in [-0.25, -0.2) is 0 Å². The van der Waals surface area contributed by atoms with Gasteiger partial charge in [-0.2, -0.15) is 0 Å². The minimum atomic E-state index is -0.267. The van der Waals surface area contributed by atoms with E-state index in [1.807, 2.05) is 12.1 Å². The molecular formula is C17H28N2O. The molecule has 1 aliphatic rings. The van der Waals surface area contributed by atoms with E-state index in [9.17, 15) is 4.79 Å². The largest absolute Gasteiger partial charge is 0.373 e. The molecule has 1 heterocycles. The van der Waals surface area contributed by atoms with Gasteiger partial charge < -0.3 is 11.1 Å². The van der Waals surface area contributed by atoms with Gasteiger partial charge in [-0.15, -0.1) is 0 Å². The minimum Gasteiger partial charge on any atom is -0.373 e. The Morgan fingerprint density at radius 3 is 2.50 bits per heavy atom. The molecule has 0 saturated carbocycles. The highest BCUT2D eigenvalue weighted by atomic mass is 16.1. The number of primary amides is 1. The fourth-order valence-electron chi connectivity index (χ4n) is 2.34. The Morgan fingerprint density at radius 1 is 1.30 bits per heavy atom. The molecule has 0 saturated heterocycles. The van der Waals surface area contributed by atoms with Crippen molar-refractivity contribution in [1.82, 2.24) is 0 Å². The normalized spacial score (nSPS) is 16.4. The summed E-state index contributed by atoms with van der Waals surface area (Å²) < 4.78 is 0. The molecule has 3 nitrogen and oxygen atoms in total. The number of hydrogen-bond acceptors (Lipinski definition) is 2. The van der Waals surface area contributed by atoms with Crippen LogP contribution >= 0.6 is 0 Å². The zero-order valence-corrected chi connectivity index (χ0v) is 13.0. The Kier molecular flexibility index (Phi) is 7.13. The van der Waals surface area contributed by atoms with E-state index in [1.165, 1.54) is 36.8 Å². The van der Waals surface area contributed by atoms with Crippen molar-refractivity contribution >= 4 is 11.6 Å². The van der Waals surface area contributed by atoms with E-state index in [-0.39, 0.29) is 11.9 Å². The highest BCUT2D eigenvalue weighted by molar-refractivity contribution is 5.84. The molecule has 1 unspecified atom stereocenters. The van der Waals surface area contributed by atoms with Gasteiger partial charge in [0.15, 0.2) is 0 Å². The standard InChI is InChI=1S/C11H14N2O.C6H14/c1-7-2-4-9-8(6-7)3-5-10(13-9)11(12)14;1-3-5-6-4-2/h2,4,6,10,13H,3,5H2,1H3,(H2,12,14);3-6H2,1-2H3. The fourth-order valence-corrected chi connectivity index (χ4v) is 2.34. The number of anilines is 1. The van der Waals surface area contributed by atoms with E-state index in [2.05, 4.69) is 32.2 Å². The molecule has 0 aromatic heterocycles. The third-order valence-electron chi connectivity index (χ3n) is 3.59. The Labute approximate surface area is 122 Å². The quantitative estimate of drug-likeness (QED) is 0.822. The van der Waals surface area contributed by atoms with Crippen molar-refractivity contribution in [2.45, 2.75) is 65.3 Å². The number of carbonyl (C=O) groups excluding carboxylic acids is 1. The number of unbranched alkanes of at least 4 members (excludes halogenated alkanes) is 3. The highest BCUT2D eigenvalue weighted by Gasteiger charge is 2.21. The molecule has 20 heavy (non-hydrogen) atoms. The van der Waals surface area contributed by atoms with E-state index in [1.54, 1.807) is 0 Å². The molecule has 1 aromatic rings. The van der Waals surface area contributed by atoms with Crippen LogP contribution in [0.1, 0.15) is 57.1 Å². The second-order valence-electron chi connectivity index (χ2n) is 5.51.